The number of hydrogen-bond acceptors (Lipinski definition) is 5. The summed E-state index contributed by atoms with van der Waals surface area (Å²) >= 11 is 0. The number of likely N-dealkylation sites (N-methyl/N-ethyl adjacent to an activating group) is 1. The van der Waals surface area contributed by atoms with Crippen molar-refractivity contribution in [3.05, 3.63) is 28.4 Å². The van der Waals surface area contributed by atoms with Crippen LogP contribution >= 0.6 is 12.4 Å². The monoisotopic (exact) mass is 286 g/mol. The molecule has 6 nitrogen and oxygen atoms in total. The van der Waals surface area contributed by atoms with E-state index >= 15 is 0 Å². The van der Waals surface area contributed by atoms with Crippen LogP contribution < -0.4 is 10.2 Å². The third kappa shape index (κ3) is 4.04. The molecule has 0 aliphatic carbocycles. The SMILES string of the molecule is CN(CC1CCCCN1)c1ncccc1[N+](=O)[O-].Cl. The Morgan fingerprint density at radius 3 is 3.00 bits per heavy atom. The Bertz CT molecular complexity index is 424. The van der Waals surface area contributed by atoms with Gasteiger partial charge in [-0.25, -0.2) is 4.98 Å². The van der Waals surface area contributed by atoms with Crippen LogP contribution in [0.15, 0.2) is 18.3 Å². The third-order valence-corrected chi connectivity index (χ3v) is 3.23. The minimum Gasteiger partial charge on any atom is -0.352 e. The molecule has 2 rings (SSSR count). The van der Waals surface area contributed by atoms with E-state index in [1.54, 1.807) is 12.3 Å². The van der Waals surface area contributed by atoms with Crippen LogP contribution in [0.4, 0.5) is 11.5 Å². The fraction of sp³-hybridized carbons (Fsp3) is 0.583. The summed E-state index contributed by atoms with van der Waals surface area (Å²) in [6.45, 7) is 1.78. The molecule has 0 aromatic carbocycles. The molecule has 1 fully saturated rings. The molecule has 7 heteroatoms. The number of rotatable bonds is 4. The third-order valence-electron chi connectivity index (χ3n) is 3.23. The second-order valence-electron chi connectivity index (χ2n) is 4.63. The van der Waals surface area contributed by atoms with E-state index in [4.69, 9.17) is 0 Å². The normalized spacial score (nSPS) is 18.5. The first-order valence-electron chi connectivity index (χ1n) is 6.22. The maximum Gasteiger partial charge on any atom is 0.311 e. The smallest absolute Gasteiger partial charge is 0.311 e. The number of halogens is 1. The van der Waals surface area contributed by atoms with Gasteiger partial charge in [0.25, 0.3) is 0 Å². The lowest BCUT2D eigenvalue weighted by atomic mass is 10.0. The molecular weight excluding hydrogens is 268 g/mol. The van der Waals surface area contributed by atoms with Crippen LogP contribution in [-0.2, 0) is 0 Å². The van der Waals surface area contributed by atoms with Crippen LogP contribution in [0.3, 0.4) is 0 Å². The molecule has 1 atom stereocenters. The Morgan fingerprint density at radius 2 is 2.37 bits per heavy atom. The highest BCUT2D eigenvalue weighted by molar-refractivity contribution is 5.85. The van der Waals surface area contributed by atoms with Gasteiger partial charge in [-0.05, 0) is 25.5 Å². The van der Waals surface area contributed by atoms with Crippen LogP contribution in [0.5, 0.6) is 0 Å². The molecule has 1 aliphatic rings. The van der Waals surface area contributed by atoms with Crippen molar-refractivity contribution >= 4 is 23.9 Å². The summed E-state index contributed by atoms with van der Waals surface area (Å²) in [4.78, 5) is 16.5. The van der Waals surface area contributed by atoms with Crippen molar-refractivity contribution in [2.45, 2.75) is 25.3 Å². The summed E-state index contributed by atoms with van der Waals surface area (Å²) in [6.07, 6.45) is 5.14. The van der Waals surface area contributed by atoms with Gasteiger partial charge in [-0.3, -0.25) is 10.1 Å². The Balaban J connectivity index is 0.00000180. The van der Waals surface area contributed by atoms with Crippen molar-refractivity contribution in [3.63, 3.8) is 0 Å². The molecule has 2 heterocycles. The fourth-order valence-corrected chi connectivity index (χ4v) is 2.32. The fourth-order valence-electron chi connectivity index (χ4n) is 2.32. The predicted molar refractivity (Wildman–Crippen MR) is 77.1 cm³/mol. The van der Waals surface area contributed by atoms with Gasteiger partial charge in [-0.1, -0.05) is 6.42 Å². The Hall–Kier alpha value is -1.40. The lowest BCUT2D eigenvalue weighted by Gasteiger charge is -2.28. The van der Waals surface area contributed by atoms with Crippen molar-refractivity contribution in [1.29, 1.82) is 0 Å². The number of pyridine rings is 1. The van der Waals surface area contributed by atoms with Crippen LogP contribution in [0.2, 0.25) is 0 Å². The maximum absolute atomic E-state index is 10.9. The van der Waals surface area contributed by atoms with Gasteiger partial charge in [0.2, 0.25) is 5.82 Å². The van der Waals surface area contributed by atoms with Gasteiger partial charge >= 0.3 is 5.69 Å². The number of nitro groups is 1. The summed E-state index contributed by atoms with van der Waals surface area (Å²) in [5.41, 5.74) is 0.0656. The van der Waals surface area contributed by atoms with Gasteiger partial charge in [0, 0.05) is 31.9 Å². The first kappa shape index (κ1) is 15.7. The zero-order chi connectivity index (χ0) is 13.0. The van der Waals surface area contributed by atoms with Crippen LogP contribution in [-0.4, -0.2) is 36.1 Å². The van der Waals surface area contributed by atoms with Crippen molar-refractivity contribution in [2.24, 2.45) is 0 Å². The molecule has 1 N–H and O–H groups in total. The first-order valence-corrected chi connectivity index (χ1v) is 6.22. The highest BCUT2D eigenvalue weighted by Crippen LogP contribution is 2.24. The average molecular weight is 287 g/mol. The van der Waals surface area contributed by atoms with Gasteiger partial charge in [-0.15, -0.1) is 12.4 Å². The summed E-state index contributed by atoms with van der Waals surface area (Å²) in [5, 5.41) is 14.4. The Kier molecular flexibility index (Phi) is 5.98. The van der Waals surface area contributed by atoms with Crippen LogP contribution in [0, 0.1) is 10.1 Å². The van der Waals surface area contributed by atoms with Gasteiger partial charge < -0.3 is 10.2 Å². The quantitative estimate of drug-likeness (QED) is 0.677. The van der Waals surface area contributed by atoms with E-state index in [1.807, 2.05) is 11.9 Å². The van der Waals surface area contributed by atoms with E-state index < -0.39 is 0 Å². The van der Waals surface area contributed by atoms with E-state index in [0.717, 1.165) is 19.5 Å². The second-order valence-corrected chi connectivity index (χ2v) is 4.63. The summed E-state index contributed by atoms with van der Waals surface area (Å²) in [5.74, 6) is 0.440. The minimum atomic E-state index is -0.382. The van der Waals surface area contributed by atoms with E-state index in [1.165, 1.54) is 18.9 Å². The summed E-state index contributed by atoms with van der Waals surface area (Å²) < 4.78 is 0. The molecule has 19 heavy (non-hydrogen) atoms. The maximum atomic E-state index is 10.9. The van der Waals surface area contributed by atoms with E-state index in [9.17, 15) is 10.1 Å². The first-order chi connectivity index (χ1) is 8.68. The van der Waals surface area contributed by atoms with Crippen LogP contribution in [0.25, 0.3) is 0 Å². The molecule has 0 bridgehead atoms. The number of hydrogen-bond donors (Lipinski definition) is 1. The number of nitrogens with one attached hydrogen (secondary N) is 1. The minimum absolute atomic E-state index is 0. The zero-order valence-corrected chi connectivity index (χ0v) is 11.7. The van der Waals surface area contributed by atoms with E-state index in [0.29, 0.717) is 11.9 Å². The molecule has 106 valence electrons. The molecular formula is C12H19ClN4O2. The highest BCUT2D eigenvalue weighted by Gasteiger charge is 2.21. The second kappa shape index (κ2) is 7.25. The lowest BCUT2D eigenvalue weighted by Crippen LogP contribution is -2.42. The lowest BCUT2D eigenvalue weighted by molar-refractivity contribution is -0.384. The summed E-state index contributed by atoms with van der Waals surface area (Å²) in [7, 11) is 1.85. The van der Waals surface area contributed by atoms with E-state index in [2.05, 4.69) is 10.3 Å². The van der Waals surface area contributed by atoms with Gasteiger partial charge in [0.1, 0.15) is 0 Å². The zero-order valence-electron chi connectivity index (χ0n) is 10.9. The van der Waals surface area contributed by atoms with Gasteiger partial charge in [-0.2, -0.15) is 0 Å². The molecule has 1 aromatic rings. The molecule has 1 saturated heterocycles. The molecule has 0 saturated carbocycles. The Morgan fingerprint density at radius 1 is 1.58 bits per heavy atom. The number of anilines is 1. The molecule has 1 aliphatic heterocycles. The molecule has 0 radical (unpaired) electrons. The number of aromatic nitrogens is 1. The Labute approximate surface area is 118 Å². The topological polar surface area (TPSA) is 71.3 Å². The van der Waals surface area contributed by atoms with Gasteiger partial charge in [0.15, 0.2) is 0 Å². The molecule has 1 aromatic heterocycles. The van der Waals surface area contributed by atoms with Crippen molar-refractivity contribution in [3.8, 4) is 0 Å². The predicted octanol–water partition coefficient (Wildman–Crippen LogP) is 1.99. The highest BCUT2D eigenvalue weighted by atomic mass is 35.5. The molecule has 0 spiro atoms. The molecule has 0 amide bonds. The number of nitrogens with zero attached hydrogens (tertiary/aromatic N) is 3. The van der Waals surface area contributed by atoms with Crippen LogP contribution in [0.1, 0.15) is 19.3 Å². The van der Waals surface area contributed by atoms with Gasteiger partial charge in [0.05, 0.1) is 4.92 Å². The summed E-state index contributed by atoms with van der Waals surface area (Å²) in [6, 6.07) is 3.48. The number of piperidine rings is 1. The largest absolute Gasteiger partial charge is 0.352 e. The average Bonchev–Trinajstić information content (AvgIpc) is 2.40. The van der Waals surface area contributed by atoms with E-state index in [-0.39, 0.29) is 23.0 Å². The van der Waals surface area contributed by atoms with Crippen molar-refractivity contribution in [2.75, 3.05) is 25.0 Å². The van der Waals surface area contributed by atoms with Crippen molar-refractivity contribution < 1.29 is 4.92 Å². The molecule has 1 unspecified atom stereocenters. The van der Waals surface area contributed by atoms with Crippen molar-refractivity contribution in [1.82, 2.24) is 10.3 Å². The standard InChI is InChI=1S/C12H18N4O2.ClH/c1-15(9-10-5-2-3-7-13-10)12-11(16(17)18)6-4-8-14-12;/h4,6,8,10,13H,2-3,5,7,9H2,1H3;1H.